The summed E-state index contributed by atoms with van der Waals surface area (Å²) in [5.74, 6) is 0.409. The van der Waals surface area contributed by atoms with Crippen molar-refractivity contribution in [3.8, 4) is 5.75 Å². The van der Waals surface area contributed by atoms with Gasteiger partial charge in [-0.1, -0.05) is 86.1 Å². The SMILES string of the molecule is CCCCOc1ccc(C(=O)Nc2ccccc2C(=O)N2CCN(C(c3ccccc3)c3ccccc3)CC2)cc1. The third-order valence-electron chi connectivity index (χ3n) is 7.49. The fraction of sp³-hybridized carbons (Fsp3) is 0.257. The number of carbonyl (C=O) groups is 2. The molecule has 0 spiro atoms. The molecule has 0 unspecified atom stereocenters. The van der Waals surface area contributed by atoms with Crippen LogP contribution in [0.25, 0.3) is 0 Å². The largest absolute Gasteiger partial charge is 0.494 e. The second-order valence-corrected chi connectivity index (χ2v) is 10.3. The number of nitrogens with zero attached hydrogens (tertiary/aromatic N) is 2. The van der Waals surface area contributed by atoms with Gasteiger partial charge >= 0.3 is 0 Å². The third kappa shape index (κ3) is 7.02. The van der Waals surface area contributed by atoms with Crippen molar-refractivity contribution in [1.82, 2.24) is 9.80 Å². The Bertz CT molecular complexity index is 1380. The first kappa shape index (κ1) is 28.1. The summed E-state index contributed by atoms with van der Waals surface area (Å²) in [6, 6.07) is 35.5. The summed E-state index contributed by atoms with van der Waals surface area (Å²) in [5, 5.41) is 2.95. The van der Waals surface area contributed by atoms with Crippen molar-refractivity contribution in [3.05, 3.63) is 131 Å². The number of anilines is 1. The molecule has 210 valence electrons. The zero-order chi connectivity index (χ0) is 28.4. The summed E-state index contributed by atoms with van der Waals surface area (Å²) in [4.78, 5) is 31.0. The molecule has 0 aromatic heterocycles. The van der Waals surface area contributed by atoms with Gasteiger partial charge in [-0.2, -0.15) is 0 Å². The number of benzene rings is 4. The number of amides is 2. The minimum atomic E-state index is -0.260. The monoisotopic (exact) mass is 547 g/mol. The Balaban J connectivity index is 1.25. The predicted octanol–water partition coefficient (Wildman–Crippen LogP) is 6.67. The zero-order valence-electron chi connectivity index (χ0n) is 23.5. The molecule has 1 saturated heterocycles. The lowest BCUT2D eigenvalue weighted by atomic mass is 9.96. The highest BCUT2D eigenvalue weighted by Gasteiger charge is 2.29. The molecule has 0 saturated carbocycles. The quantitative estimate of drug-likeness (QED) is 0.225. The average molecular weight is 548 g/mol. The molecule has 1 fully saturated rings. The molecule has 1 aliphatic rings. The standard InChI is InChI=1S/C35H37N3O3/c1-2-3-26-41-30-20-18-29(19-21-30)34(39)36-32-17-11-10-16-31(32)35(40)38-24-22-37(23-25-38)33(27-12-6-4-7-13-27)28-14-8-5-9-15-28/h4-21,33H,2-3,22-26H2,1H3,(H,36,39). The number of hydrogen-bond acceptors (Lipinski definition) is 4. The Morgan fingerprint density at radius 1 is 0.756 bits per heavy atom. The second-order valence-electron chi connectivity index (χ2n) is 10.3. The first-order chi connectivity index (χ1) is 20.1. The molecule has 6 heteroatoms. The van der Waals surface area contributed by atoms with E-state index in [0.29, 0.717) is 36.5 Å². The van der Waals surface area contributed by atoms with Crippen molar-refractivity contribution in [2.24, 2.45) is 0 Å². The van der Waals surface area contributed by atoms with Gasteiger partial charge in [0.15, 0.2) is 0 Å². The number of hydrogen-bond donors (Lipinski definition) is 1. The topological polar surface area (TPSA) is 61.9 Å². The van der Waals surface area contributed by atoms with Gasteiger partial charge in [-0.15, -0.1) is 0 Å². The Labute approximate surface area is 242 Å². The number of nitrogens with one attached hydrogen (secondary N) is 1. The lowest BCUT2D eigenvalue weighted by molar-refractivity contribution is 0.0598. The molecule has 1 aliphatic heterocycles. The molecule has 2 amide bonds. The Morgan fingerprint density at radius 2 is 1.34 bits per heavy atom. The lowest BCUT2D eigenvalue weighted by Crippen LogP contribution is -2.50. The van der Waals surface area contributed by atoms with E-state index in [9.17, 15) is 9.59 Å². The summed E-state index contributed by atoms with van der Waals surface area (Å²) < 4.78 is 5.70. The summed E-state index contributed by atoms with van der Waals surface area (Å²) in [5.41, 5.74) is 4.01. The van der Waals surface area contributed by atoms with Crippen LogP contribution in [0, 0.1) is 0 Å². The predicted molar refractivity (Wildman–Crippen MR) is 163 cm³/mol. The van der Waals surface area contributed by atoms with Gasteiger partial charge < -0.3 is 15.0 Å². The third-order valence-corrected chi connectivity index (χ3v) is 7.49. The van der Waals surface area contributed by atoms with E-state index in [-0.39, 0.29) is 17.9 Å². The van der Waals surface area contributed by atoms with Crippen LogP contribution in [-0.4, -0.2) is 54.4 Å². The highest BCUT2D eigenvalue weighted by atomic mass is 16.5. The van der Waals surface area contributed by atoms with E-state index in [2.05, 4.69) is 65.7 Å². The summed E-state index contributed by atoms with van der Waals surface area (Å²) in [6.45, 7) is 5.49. The van der Waals surface area contributed by atoms with E-state index in [1.54, 1.807) is 36.4 Å². The molecule has 0 bridgehead atoms. The number of carbonyl (C=O) groups excluding carboxylic acids is 2. The van der Waals surface area contributed by atoms with Crippen LogP contribution < -0.4 is 10.1 Å². The number of para-hydroxylation sites is 1. The first-order valence-electron chi connectivity index (χ1n) is 14.4. The van der Waals surface area contributed by atoms with E-state index >= 15 is 0 Å². The molecule has 6 nitrogen and oxygen atoms in total. The molecule has 0 atom stereocenters. The number of unbranched alkanes of at least 4 members (excludes halogenated alkanes) is 1. The summed E-state index contributed by atoms with van der Waals surface area (Å²) in [7, 11) is 0. The smallest absolute Gasteiger partial charge is 0.256 e. The fourth-order valence-electron chi connectivity index (χ4n) is 5.25. The fourth-order valence-corrected chi connectivity index (χ4v) is 5.25. The maximum Gasteiger partial charge on any atom is 0.256 e. The van der Waals surface area contributed by atoms with Crippen LogP contribution in [0.15, 0.2) is 109 Å². The molecule has 4 aromatic rings. The van der Waals surface area contributed by atoms with Crippen LogP contribution >= 0.6 is 0 Å². The maximum atomic E-state index is 13.7. The van der Waals surface area contributed by atoms with Crippen molar-refractivity contribution in [3.63, 3.8) is 0 Å². The van der Waals surface area contributed by atoms with Crippen LogP contribution in [0.2, 0.25) is 0 Å². The van der Waals surface area contributed by atoms with Crippen molar-refractivity contribution < 1.29 is 14.3 Å². The van der Waals surface area contributed by atoms with Crippen LogP contribution in [0.5, 0.6) is 5.75 Å². The summed E-state index contributed by atoms with van der Waals surface area (Å²) in [6.07, 6.45) is 2.05. The van der Waals surface area contributed by atoms with Gasteiger partial charge in [0, 0.05) is 31.7 Å². The van der Waals surface area contributed by atoms with Crippen LogP contribution in [-0.2, 0) is 0 Å². The highest BCUT2D eigenvalue weighted by Crippen LogP contribution is 2.30. The zero-order valence-corrected chi connectivity index (χ0v) is 23.5. The van der Waals surface area contributed by atoms with Crippen molar-refractivity contribution >= 4 is 17.5 Å². The lowest BCUT2D eigenvalue weighted by Gasteiger charge is -2.40. The normalized spacial score (nSPS) is 13.7. The molecule has 1 heterocycles. The molecule has 0 radical (unpaired) electrons. The minimum Gasteiger partial charge on any atom is -0.494 e. The van der Waals surface area contributed by atoms with Gasteiger partial charge in [-0.05, 0) is 53.9 Å². The minimum absolute atomic E-state index is 0.0730. The van der Waals surface area contributed by atoms with Gasteiger partial charge in [-0.3, -0.25) is 14.5 Å². The highest BCUT2D eigenvalue weighted by molar-refractivity contribution is 6.09. The molecule has 1 N–H and O–H groups in total. The van der Waals surface area contributed by atoms with E-state index in [1.165, 1.54) is 11.1 Å². The van der Waals surface area contributed by atoms with Crippen LogP contribution in [0.3, 0.4) is 0 Å². The van der Waals surface area contributed by atoms with Crippen LogP contribution in [0.1, 0.15) is 57.7 Å². The van der Waals surface area contributed by atoms with Gasteiger partial charge in [0.25, 0.3) is 11.8 Å². The number of piperazine rings is 1. The van der Waals surface area contributed by atoms with Gasteiger partial charge in [-0.25, -0.2) is 0 Å². The molecule has 4 aromatic carbocycles. The van der Waals surface area contributed by atoms with E-state index < -0.39 is 0 Å². The maximum absolute atomic E-state index is 13.7. The molecular weight excluding hydrogens is 510 g/mol. The van der Waals surface area contributed by atoms with Crippen molar-refractivity contribution in [2.75, 3.05) is 38.1 Å². The first-order valence-corrected chi connectivity index (χ1v) is 14.4. The van der Waals surface area contributed by atoms with Gasteiger partial charge in [0.1, 0.15) is 5.75 Å². The Morgan fingerprint density at radius 3 is 1.95 bits per heavy atom. The Hall–Kier alpha value is -4.42. The van der Waals surface area contributed by atoms with Gasteiger partial charge in [0.05, 0.1) is 23.9 Å². The van der Waals surface area contributed by atoms with Crippen molar-refractivity contribution in [1.29, 1.82) is 0 Å². The Kier molecular flexibility index (Phi) is 9.45. The van der Waals surface area contributed by atoms with Gasteiger partial charge in [0.2, 0.25) is 0 Å². The van der Waals surface area contributed by atoms with Crippen molar-refractivity contribution in [2.45, 2.75) is 25.8 Å². The number of rotatable bonds is 10. The van der Waals surface area contributed by atoms with E-state index in [1.807, 2.05) is 29.2 Å². The van der Waals surface area contributed by atoms with Crippen LogP contribution in [0.4, 0.5) is 5.69 Å². The molecule has 41 heavy (non-hydrogen) atoms. The second kappa shape index (κ2) is 13.8. The van der Waals surface area contributed by atoms with E-state index in [4.69, 9.17) is 4.74 Å². The summed E-state index contributed by atoms with van der Waals surface area (Å²) >= 11 is 0. The molecule has 0 aliphatic carbocycles. The molecule has 5 rings (SSSR count). The van der Waals surface area contributed by atoms with E-state index in [0.717, 1.165) is 31.7 Å². The average Bonchev–Trinajstić information content (AvgIpc) is 3.03. The molecular formula is C35H37N3O3. The number of ether oxygens (including phenoxy) is 1.